The van der Waals surface area contributed by atoms with Gasteiger partial charge in [-0.25, -0.2) is 8.78 Å². The number of benzene rings is 1. The molecule has 1 N–H and O–H groups in total. The van der Waals surface area contributed by atoms with Crippen molar-refractivity contribution in [2.75, 3.05) is 6.54 Å². The van der Waals surface area contributed by atoms with Gasteiger partial charge in [-0.2, -0.15) is 11.3 Å². The van der Waals surface area contributed by atoms with Crippen LogP contribution < -0.4 is 5.32 Å². The van der Waals surface area contributed by atoms with E-state index in [4.69, 9.17) is 0 Å². The van der Waals surface area contributed by atoms with E-state index >= 15 is 0 Å². The minimum atomic E-state index is -0.461. The summed E-state index contributed by atoms with van der Waals surface area (Å²) in [6.07, 6.45) is 2.44. The van der Waals surface area contributed by atoms with Crippen molar-refractivity contribution in [2.45, 2.75) is 39.2 Å². The standard InChI is InChI=1S/C17H21F2NS/c1-3-9-20-15(7-5-13-8-10-21-11-13)16-14(18)6-4-12(2)17(16)19/h4,6,8,10-11,15,20H,3,5,7,9H2,1-2H3. The average molecular weight is 309 g/mol. The van der Waals surface area contributed by atoms with Gasteiger partial charge in [0.25, 0.3) is 0 Å². The topological polar surface area (TPSA) is 12.0 Å². The molecule has 4 heteroatoms. The Bertz CT molecular complexity index is 566. The summed E-state index contributed by atoms with van der Waals surface area (Å²) in [5.74, 6) is -0.883. The Hall–Kier alpha value is -1.26. The second-order valence-electron chi connectivity index (χ2n) is 5.27. The van der Waals surface area contributed by atoms with Crippen LogP contribution in [0.3, 0.4) is 0 Å². The predicted molar refractivity (Wildman–Crippen MR) is 84.8 cm³/mol. The fraction of sp³-hybridized carbons (Fsp3) is 0.412. The zero-order chi connectivity index (χ0) is 15.2. The molecule has 0 amide bonds. The van der Waals surface area contributed by atoms with Crippen molar-refractivity contribution >= 4 is 11.3 Å². The van der Waals surface area contributed by atoms with E-state index in [-0.39, 0.29) is 11.6 Å². The fourth-order valence-corrected chi connectivity index (χ4v) is 3.11. The SMILES string of the molecule is CCCNC(CCc1ccsc1)c1c(F)ccc(C)c1F. The lowest BCUT2D eigenvalue weighted by atomic mass is 9.97. The Morgan fingerprint density at radius 3 is 2.71 bits per heavy atom. The van der Waals surface area contributed by atoms with E-state index in [1.54, 1.807) is 18.3 Å². The number of thiophene rings is 1. The third-order valence-corrected chi connectivity index (χ3v) is 4.34. The van der Waals surface area contributed by atoms with Crippen LogP contribution in [0.4, 0.5) is 8.78 Å². The molecule has 0 saturated heterocycles. The third kappa shape index (κ3) is 4.11. The molecule has 2 rings (SSSR count). The van der Waals surface area contributed by atoms with E-state index in [0.29, 0.717) is 12.0 Å². The highest BCUT2D eigenvalue weighted by molar-refractivity contribution is 7.07. The molecule has 0 aliphatic heterocycles. The maximum Gasteiger partial charge on any atom is 0.133 e. The molecule has 1 aromatic carbocycles. The molecule has 0 bridgehead atoms. The lowest BCUT2D eigenvalue weighted by Gasteiger charge is -2.21. The molecule has 0 aliphatic rings. The van der Waals surface area contributed by atoms with Crippen LogP contribution in [0.15, 0.2) is 29.0 Å². The lowest BCUT2D eigenvalue weighted by molar-refractivity contribution is 0.444. The number of aryl methyl sites for hydroxylation is 2. The maximum absolute atomic E-state index is 14.3. The third-order valence-electron chi connectivity index (χ3n) is 3.61. The summed E-state index contributed by atoms with van der Waals surface area (Å²) >= 11 is 1.65. The van der Waals surface area contributed by atoms with Gasteiger partial charge in [-0.1, -0.05) is 13.0 Å². The number of nitrogens with one attached hydrogen (secondary N) is 1. The number of halogens is 2. The molecular formula is C17H21F2NS. The first-order chi connectivity index (χ1) is 10.1. The second kappa shape index (κ2) is 7.66. The Kier molecular flexibility index (Phi) is 5.88. The minimum absolute atomic E-state index is 0.179. The summed E-state index contributed by atoms with van der Waals surface area (Å²) in [5, 5.41) is 7.39. The predicted octanol–water partition coefficient (Wildman–Crippen LogP) is 5.01. The second-order valence-corrected chi connectivity index (χ2v) is 6.05. The molecule has 114 valence electrons. The van der Waals surface area contributed by atoms with E-state index in [2.05, 4.69) is 16.8 Å². The molecule has 0 radical (unpaired) electrons. The van der Waals surface area contributed by atoms with Crippen LogP contribution >= 0.6 is 11.3 Å². The van der Waals surface area contributed by atoms with E-state index in [9.17, 15) is 8.78 Å². The summed E-state index contributed by atoms with van der Waals surface area (Å²) in [6.45, 7) is 4.47. The van der Waals surface area contributed by atoms with Crippen molar-refractivity contribution in [1.82, 2.24) is 5.32 Å². The quantitative estimate of drug-likeness (QED) is 0.758. The van der Waals surface area contributed by atoms with Crippen LogP contribution in [0.2, 0.25) is 0 Å². The molecule has 1 unspecified atom stereocenters. The van der Waals surface area contributed by atoms with Crippen molar-refractivity contribution in [1.29, 1.82) is 0 Å². The Morgan fingerprint density at radius 1 is 1.24 bits per heavy atom. The van der Waals surface area contributed by atoms with E-state index < -0.39 is 11.6 Å². The molecule has 21 heavy (non-hydrogen) atoms. The number of hydrogen-bond donors (Lipinski definition) is 1. The van der Waals surface area contributed by atoms with E-state index in [0.717, 1.165) is 19.4 Å². The van der Waals surface area contributed by atoms with E-state index in [1.165, 1.54) is 17.7 Å². The molecule has 1 nitrogen and oxygen atoms in total. The summed E-state index contributed by atoms with van der Waals surface area (Å²) in [5.41, 5.74) is 1.89. The van der Waals surface area contributed by atoms with Crippen LogP contribution in [0.25, 0.3) is 0 Å². The molecule has 1 aromatic heterocycles. The molecular weight excluding hydrogens is 288 g/mol. The fourth-order valence-electron chi connectivity index (χ4n) is 2.41. The first kappa shape index (κ1) is 16.1. The van der Waals surface area contributed by atoms with Crippen molar-refractivity contribution < 1.29 is 8.78 Å². The minimum Gasteiger partial charge on any atom is -0.310 e. The highest BCUT2D eigenvalue weighted by Gasteiger charge is 2.21. The van der Waals surface area contributed by atoms with Gasteiger partial charge in [0.2, 0.25) is 0 Å². The van der Waals surface area contributed by atoms with Crippen molar-refractivity contribution in [3.63, 3.8) is 0 Å². The molecule has 0 spiro atoms. The molecule has 0 fully saturated rings. The Morgan fingerprint density at radius 2 is 2.05 bits per heavy atom. The Balaban J connectivity index is 2.20. The molecule has 1 atom stereocenters. The Labute approximate surface area is 129 Å². The van der Waals surface area contributed by atoms with Gasteiger partial charge < -0.3 is 5.32 Å². The largest absolute Gasteiger partial charge is 0.310 e. The number of hydrogen-bond acceptors (Lipinski definition) is 2. The van der Waals surface area contributed by atoms with Crippen LogP contribution in [-0.4, -0.2) is 6.54 Å². The van der Waals surface area contributed by atoms with Gasteiger partial charge in [-0.15, -0.1) is 0 Å². The first-order valence-electron chi connectivity index (χ1n) is 7.32. The normalized spacial score (nSPS) is 12.6. The maximum atomic E-state index is 14.3. The van der Waals surface area contributed by atoms with Crippen LogP contribution in [0.1, 0.15) is 42.5 Å². The van der Waals surface area contributed by atoms with Crippen molar-refractivity contribution in [3.05, 3.63) is 57.3 Å². The van der Waals surface area contributed by atoms with Gasteiger partial charge in [0, 0.05) is 11.6 Å². The van der Waals surface area contributed by atoms with Crippen LogP contribution in [0.5, 0.6) is 0 Å². The van der Waals surface area contributed by atoms with Crippen LogP contribution in [0, 0.1) is 18.6 Å². The molecule has 0 aliphatic carbocycles. The van der Waals surface area contributed by atoms with Gasteiger partial charge in [0.05, 0.1) is 0 Å². The summed E-state index contributed by atoms with van der Waals surface area (Å²) in [6, 6.07) is 4.62. The highest BCUT2D eigenvalue weighted by Crippen LogP contribution is 2.27. The van der Waals surface area contributed by atoms with Gasteiger partial charge in [0.1, 0.15) is 11.6 Å². The zero-order valence-corrected chi connectivity index (χ0v) is 13.3. The smallest absolute Gasteiger partial charge is 0.133 e. The van der Waals surface area contributed by atoms with E-state index in [1.807, 2.05) is 12.3 Å². The van der Waals surface area contributed by atoms with Crippen molar-refractivity contribution in [2.24, 2.45) is 0 Å². The first-order valence-corrected chi connectivity index (χ1v) is 8.26. The van der Waals surface area contributed by atoms with Crippen LogP contribution in [-0.2, 0) is 6.42 Å². The molecule has 2 aromatic rings. The molecule has 1 heterocycles. The summed E-state index contributed by atoms with van der Waals surface area (Å²) in [4.78, 5) is 0. The van der Waals surface area contributed by atoms with Gasteiger partial charge >= 0.3 is 0 Å². The van der Waals surface area contributed by atoms with Gasteiger partial charge in [0.15, 0.2) is 0 Å². The monoisotopic (exact) mass is 309 g/mol. The number of rotatable bonds is 7. The lowest BCUT2D eigenvalue weighted by Crippen LogP contribution is -2.25. The summed E-state index contributed by atoms with van der Waals surface area (Å²) < 4.78 is 28.4. The highest BCUT2D eigenvalue weighted by atomic mass is 32.1. The average Bonchev–Trinajstić information content (AvgIpc) is 2.98. The molecule has 0 saturated carbocycles. The summed E-state index contributed by atoms with van der Waals surface area (Å²) in [7, 11) is 0. The van der Waals surface area contributed by atoms with Crippen molar-refractivity contribution in [3.8, 4) is 0 Å². The zero-order valence-electron chi connectivity index (χ0n) is 12.5. The van der Waals surface area contributed by atoms with Gasteiger partial charge in [-0.3, -0.25) is 0 Å². The van der Waals surface area contributed by atoms with Gasteiger partial charge in [-0.05, 0) is 66.8 Å².